The van der Waals surface area contributed by atoms with Crippen molar-refractivity contribution in [1.29, 1.82) is 0 Å². The largest absolute Gasteiger partial charge is 0.310 e. The van der Waals surface area contributed by atoms with Gasteiger partial charge in [0.1, 0.15) is 0 Å². The second kappa shape index (κ2) is 14.0. The van der Waals surface area contributed by atoms with Crippen LogP contribution in [0, 0.1) is 0 Å². The first kappa shape index (κ1) is 34.3. The predicted molar refractivity (Wildman–Crippen MR) is 255 cm³/mol. The Morgan fingerprint density at radius 1 is 0.300 bits per heavy atom. The van der Waals surface area contributed by atoms with Crippen molar-refractivity contribution in [3.8, 4) is 33.4 Å². The third kappa shape index (κ3) is 5.55. The monoisotopic (exact) mass is 761 g/mol. The lowest BCUT2D eigenvalue weighted by atomic mass is 9.88. The zero-order chi connectivity index (χ0) is 39.6. The Balaban J connectivity index is 1.04. The van der Waals surface area contributed by atoms with Gasteiger partial charge in [-0.1, -0.05) is 194 Å². The lowest BCUT2D eigenvalue weighted by Gasteiger charge is -2.29. The van der Waals surface area contributed by atoms with Gasteiger partial charge in [-0.3, -0.25) is 0 Å². The molecule has 280 valence electrons. The van der Waals surface area contributed by atoms with Crippen LogP contribution in [0.25, 0.3) is 76.5 Å². The molecule has 60 heavy (non-hydrogen) atoms. The zero-order valence-electron chi connectivity index (χ0n) is 33.0. The Bertz CT molecular complexity index is 3410. The molecule has 0 aromatic heterocycles. The van der Waals surface area contributed by atoms with Gasteiger partial charge in [-0.05, 0) is 124 Å². The van der Waals surface area contributed by atoms with E-state index in [1.807, 2.05) is 0 Å². The summed E-state index contributed by atoms with van der Waals surface area (Å²) in [5, 5.41) is 10.1. The number of hydrogen-bond donors (Lipinski definition) is 0. The first-order chi connectivity index (χ1) is 29.8. The van der Waals surface area contributed by atoms with E-state index in [-0.39, 0.29) is 5.92 Å². The van der Waals surface area contributed by atoms with Gasteiger partial charge in [-0.15, -0.1) is 0 Å². The maximum Gasteiger partial charge on any atom is 0.0540 e. The predicted octanol–water partition coefficient (Wildman–Crippen LogP) is 16.3. The Morgan fingerprint density at radius 2 is 0.850 bits per heavy atom. The van der Waals surface area contributed by atoms with Crippen molar-refractivity contribution in [2.75, 3.05) is 4.90 Å². The van der Waals surface area contributed by atoms with Gasteiger partial charge >= 0.3 is 0 Å². The Kier molecular flexibility index (Phi) is 7.99. The molecule has 0 radical (unpaired) electrons. The molecule has 12 rings (SSSR count). The Hall–Kier alpha value is -7.74. The summed E-state index contributed by atoms with van der Waals surface area (Å²) < 4.78 is 0. The summed E-state index contributed by atoms with van der Waals surface area (Å²) in [6.45, 7) is 0. The van der Waals surface area contributed by atoms with Gasteiger partial charge in [0.2, 0.25) is 0 Å². The zero-order valence-corrected chi connectivity index (χ0v) is 33.0. The second-order valence-corrected chi connectivity index (χ2v) is 16.0. The summed E-state index contributed by atoms with van der Waals surface area (Å²) in [4.78, 5) is 2.45. The molecule has 11 aromatic rings. The van der Waals surface area contributed by atoms with Crippen molar-refractivity contribution in [1.82, 2.24) is 0 Å². The molecule has 0 N–H and O–H groups in total. The van der Waals surface area contributed by atoms with Crippen LogP contribution < -0.4 is 4.90 Å². The van der Waals surface area contributed by atoms with E-state index in [2.05, 4.69) is 235 Å². The number of anilines is 3. The number of rotatable bonds is 6. The second-order valence-electron chi connectivity index (χ2n) is 16.0. The molecule has 0 saturated carbocycles. The fourth-order valence-corrected chi connectivity index (χ4v) is 9.91. The average Bonchev–Trinajstić information content (AvgIpc) is 3.66. The number of nitrogens with zero attached hydrogens (tertiary/aromatic N) is 1. The summed E-state index contributed by atoms with van der Waals surface area (Å²) in [6, 6.07) is 85.1. The van der Waals surface area contributed by atoms with Gasteiger partial charge in [0.25, 0.3) is 0 Å². The van der Waals surface area contributed by atoms with E-state index >= 15 is 0 Å². The summed E-state index contributed by atoms with van der Waals surface area (Å²) >= 11 is 0. The van der Waals surface area contributed by atoms with E-state index in [1.54, 1.807) is 0 Å². The fourth-order valence-electron chi connectivity index (χ4n) is 9.91. The van der Waals surface area contributed by atoms with Crippen LogP contribution in [0.1, 0.15) is 22.6 Å². The Morgan fingerprint density at radius 3 is 1.62 bits per heavy atom. The minimum Gasteiger partial charge on any atom is -0.310 e. The van der Waals surface area contributed by atoms with Gasteiger partial charge in [-0.2, -0.15) is 0 Å². The van der Waals surface area contributed by atoms with Gasteiger partial charge < -0.3 is 4.90 Å². The molecular formula is C59H39N. The van der Waals surface area contributed by atoms with Crippen molar-refractivity contribution in [3.63, 3.8) is 0 Å². The molecule has 1 aliphatic carbocycles. The summed E-state index contributed by atoms with van der Waals surface area (Å²) in [5.74, 6) is 0.148. The van der Waals surface area contributed by atoms with Crippen LogP contribution in [0.15, 0.2) is 231 Å². The van der Waals surface area contributed by atoms with Crippen LogP contribution in [0.2, 0.25) is 0 Å². The standard InChI is InChI=1S/C59H39N/c1-3-13-39(14-4-1)46-32-36-53-55(37-46)51-20-9-10-21-52(51)57(53)43-30-33-47(34-31-43)60(56-22-12-11-18-49(56)40-15-5-2-6-16-40)48-35-29-42-24-26-45-28-27-44-25-23-41-17-7-8-19-50(41)58(44)59(45)54(42)38-48/h1-38,57H. The third-order valence-electron chi connectivity index (χ3n) is 12.7. The SMILES string of the molecule is c1ccc(-c2ccc3c(c2)-c2ccccc2C3c2ccc(N(c3ccc4ccc5ccc6ccc7ccccc7c6c5c4c3)c3ccccc3-c3ccccc3)cc2)cc1. The summed E-state index contributed by atoms with van der Waals surface area (Å²) in [5.41, 5.74) is 14.9. The minimum absolute atomic E-state index is 0.148. The van der Waals surface area contributed by atoms with Crippen molar-refractivity contribution in [2.45, 2.75) is 5.92 Å². The maximum absolute atomic E-state index is 2.45. The van der Waals surface area contributed by atoms with E-state index in [4.69, 9.17) is 0 Å². The lowest BCUT2D eigenvalue weighted by Crippen LogP contribution is -2.11. The molecule has 0 saturated heterocycles. The molecular weight excluding hydrogens is 723 g/mol. The first-order valence-corrected chi connectivity index (χ1v) is 20.9. The maximum atomic E-state index is 2.45. The molecule has 0 aliphatic heterocycles. The Labute approximate surface area is 350 Å². The van der Waals surface area contributed by atoms with Crippen LogP contribution in [-0.2, 0) is 0 Å². The average molecular weight is 762 g/mol. The van der Waals surface area contributed by atoms with Crippen LogP contribution in [0.4, 0.5) is 17.1 Å². The lowest BCUT2D eigenvalue weighted by molar-refractivity contribution is 1.01. The molecule has 0 fully saturated rings. The van der Waals surface area contributed by atoms with E-state index in [9.17, 15) is 0 Å². The van der Waals surface area contributed by atoms with Gasteiger partial charge in [0.15, 0.2) is 0 Å². The molecule has 0 amide bonds. The number of benzene rings is 11. The normalized spacial score (nSPS) is 13.2. The van der Waals surface area contributed by atoms with Crippen molar-refractivity contribution < 1.29 is 0 Å². The molecule has 0 heterocycles. The van der Waals surface area contributed by atoms with Crippen LogP contribution in [-0.4, -0.2) is 0 Å². The van der Waals surface area contributed by atoms with Crippen LogP contribution >= 0.6 is 0 Å². The van der Waals surface area contributed by atoms with Crippen molar-refractivity contribution >= 4 is 60.2 Å². The van der Waals surface area contributed by atoms with Crippen LogP contribution in [0.3, 0.4) is 0 Å². The molecule has 11 aromatic carbocycles. The molecule has 1 aliphatic rings. The van der Waals surface area contributed by atoms with Gasteiger partial charge in [0.05, 0.1) is 5.69 Å². The topological polar surface area (TPSA) is 3.24 Å². The van der Waals surface area contributed by atoms with Crippen LogP contribution in [0.5, 0.6) is 0 Å². The van der Waals surface area contributed by atoms with Crippen molar-refractivity contribution in [2.24, 2.45) is 0 Å². The molecule has 1 unspecified atom stereocenters. The highest BCUT2D eigenvalue weighted by Crippen LogP contribution is 2.50. The molecule has 0 bridgehead atoms. The number of fused-ring (bicyclic) bond motifs is 10. The molecule has 1 atom stereocenters. The fraction of sp³-hybridized carbons (Fsp3) is 0.0169. The van der Waals surface area contributed by atoms with E-state index in [0.29, 0.717) is 0 Å². The van der Waals surface area contributed by atoms with Gasteiger partial charge in [-0.25, -0.2) is 0 Å². The van der Waals surface area contributed by atoms with E-state index in [1.165, 1.54) is 93.2 Å². The smallest absolute Gasteiger partial charge is 0.0540 e. The highest BCUT2D eigenvalue weighted by atomic mass is 15.1. The van der Waals surface area contributed by atoms with E-state index < -0.39 is 0 Å². The number of hydrogen-bond acceptors (Lipinski definition) is 1. The molecule has 0 spiro atoms. The summed E-state index contributed by atoms with van der Waals surface area (Å²) in [6.07, 6.45) is 0. The van der Waals surface area contributed by atoms with Gasteiger partial charge in [0, 0.05) is 22.9 Å². The van der Waals surface area contributed by atoms with E-state index in [0.717, 1.165) is 17.1 Å². The summed E-state index contributed by atoms with van der Waals surface area (Å²) in [7, 11) is 0. The quantitative estimate of drug-likeness (QED) is 0.153. The first-order valence-electron chi connectivity index (χ1n) is 20.9. The highest BCUT2D eigenvalue weighted by Gasteiger charge is 2.30. The molecule has 1 heteroatoms. The highest BCUT2D eigenvalue weighted by molar-refractivity contribution is 6.27. The molecule has 1 nitrogen and oxygen atoms in total. The van der Waals surface area contributed by atoms with Crippen molar-refractivity contribution in [3.05, 3.63) is 247 Å². The minimum atomic E-state index is 0.148. The number of para-hydroxylation sites is 1. The third-order valence-corrected chi connectivity index (χ3v) is 12.7.